The first kappa shape index (κ1) is 16.3. The Morgan fingerprint density at radius 3 is 2.84 bits per heavy atom. The summed E-state index contributed by atoms with van der Waals surface area (Å²) < 4.78 is 5.74. The van der Waals surface area contributed by atoms with Gasteiger partial charge < -0.3 is 14.7 Å². The van der Waals surface area contributed by atoms with Crippen LogP contribution in [-0.2, 0) is 6.42 Å². The Hall–Kier alpha value is -2.18. The summed E-state index contributed by atoms with van der Waals surface area (Å²) in [6.07, 6.45) is 5.91. The Balaban J connectivity index is 1.33. The summed E-state index contributed by atoms with van der Waals surface area (Å²) in [7, 11) is 0. The van der Waals surface area contributed by atoms with Crippen molar-refractivity contribution in [2.24, 2.45) is 0 Å². The molecule has 1 N–H and O–H groups in total. The van der Waals surface area contributed by atoms with Crippen molar-refractivity contribution in [3.8, 4) is 5.75 Å². The van der Waals surface area contributed by atoms with Crippen molar-refractivity contribution < 1.29 is 9.84 Å². The molecule has 0 amide bonds. The standard InChI is InChI=1S/C19H24N4O2/c1-14-10-16-11-15(2-3-18(16)25-14)17(24)13-22-6-8-23(9-7-22)19-12-20-4-5-21-19/h2-5,11-12,14,17,24H,6-10,13H2,1H3/t14-,17+/m0/s1. The van der Waals surface area contributed by atoms with E-state index in [9.17, 15) is 5.11 Å². The van der Waals surface area contributed by atoms with Crippen molar-refractivity contribution in [1.82, 2.24) is 14.9 Å². The van der Waals surface area contributed by atoms with E-state index in [1.54, 1.807) is 18.6 Å². The van der Waals surface area contributed by atoms with Crippen LogP contribution in [0.4, 0.5) is 5.82 Å². The third-order valence-corrected chi connectivity index (χ3v) is 4.98. The molecule has 25 heavy (non-hydrogen) atoms. The fourth-order valence-electron chi connectivity index (χ4n) is 3.61. The lowest BCUT2D eigenvalue weighted by molar-refractivity contribution is 0.109. The second-order valence-electron chi connectivity index (χ2n) is 6.87. The fourth-order valence-corrected chi connectivity index (χ4v) is 3.61. The van der Waals surface area contributed by atoms with Gasteiger partial charge in [0.1, 0.15) is 17.7 Å². The lowest BCUT2D eigenvalue weighted by Crippen LogP contribution is -2.47. The summed E-state index contributed by atoms with van der Waals surface area (Å²) >= 11 is 0. The minimum atomic E-state index is -0.468. The van der Waals surface area contributed by atoms with E-state index in [0.29, 0.717) is 6.54 Å². The van der Waals surface area contributed by atoms with Crippen molar-refractivity contribution in [3.63, 3.8) is 0 Å². The van der Waals surface area contributed by atoms with Crippen LogP contribution >= 0.6 is 0 Å². The monoisotopic (exact) mass is 340 g/mol. The first-order chi connectivity index (χ1) is 12.2. The second-order valence-corrected chi connectivity index (χ2v) is 6.87. The van der Waals surface area contributed by atoms with Gasteiger partial charge in [0.2, 0.25) is 0 Å². The highest BCUT2D eigenvalue weighted by atomic mass is 16.5. The molecule has 4 rings (SSSR count). The molecule has 6 nitrogen and oxygen atoms in total. The molecular formula is C19H24N4O2. The van der Waals surface area contributed by atoms with Crippen LogP contribution in [0.3, 0.4) is 0 Å². The number of hydrogen-bond acceptors (Lipinski definition) is 6. The lowest BCUT2D eigenvalue weighted by atomic mass is 10.0. The van der Waals surface area contributed by atoms with Gasteiger partial charge in [-0.25, -0.2) is 4.98 Å². The largest absolute Gasteiger partial charge is 0.490 e. The predicted octanol–water partition coefficient (Wildman–Crippen LogP) is 1.66. The van der Waals surface area contributed by atoms with E-state index in [-0.39, 0.29) is 6.10 Å². The molecule has 1 fully saturated rings. The van der Waals surface area contributed by atoms with Crippen LogP contribution in [-0.4, -0.2) is 58.8 Å². The van der Waals surface area contributed by atoms with E-state index in [4.69, 9.17) is 4.74 Å². The second kappa shape index (κ2) is 6.98. The molecule has 0 radical (unpaired) electrons. The maximum Gasteiger partial charge on any atom is 0.147 e. The van der Waals surface area contributed by atoms with Crippen molar-refractivity contribution in [3.05, 3.63) is 47.9 Å². The van der Waals surface area contributed by atoms with Gasteiger partial charge in [0.15, 0.2) is 0 Å². The molecule has 2 aliphatic rings. The summed E-state index contributed by atoms with van der Waals surface area (Å²) in [6, 6.07) is 6.07. The minimum absolute atomic E-state index is 0.233. The normalized spacial score (nSPS) is 21.7. The molecule has 1 saturated heterocycles. The minimum Gasteiger partial charge on any atom is -0.490 e. The quantitative estimate of drug-likeness (QED) is 0.913. The Bertz CT molecular complexity index is 717. The van der Waals surface area contributed by atoms with Crippen LogP contribution < -0.4 is 9.64 Å². The molecular weight excluding hydrogens is 316 g/mol. The van der Waals surface area contributed by atoms with Gasteiger partial charge in [0.05, 0.1) is 12.3 Å². The highest BCUT2D eigenvalue weighted by molar-refractivity contribution is 5.41. The number of rotatable bonds is 4. The molecule has 2 aliphatic heterocycles. The zero-order valence-electron chi connectivity index (χ0n) is 14.5. The zero-order chi connectivity index (χ0) is 17.2. The van der Waals surface area contributed by atoms with E-state index < -0.39 is 6.10 Å². The number of β-amino-alcohol motifs (C(OH)–C–C–N with tert-alkyl or cyclic N) is 1. The predicted molar refractivity (Wildman–Crippen MR) is 95.9 cm³/mol. The SMILES string of the molecule is C[C@H]1Cc2cc([C@H](O)CN3CCN(c4cnccn4)CC3)ccc2O1. The topological polar surface area (TPSA) is 61.7 Å². The molecule has 0 unspecified atom stereocenters. The van der Waals surface area contributed by atoms with Crippen LogP contribution in [0.15, 0.2) is 36.8 Å². The number of nitrogens with zero attached hydrogens (tertiary/aromatic N) is 4. The van der Waals surface area contributed by atoms with Gasteiger partial charge >= 0.3 is 0 Å². The summed E-state index contributed by atoms with van der Waals surface area (Å²) in [5.74, 6) is 1.89. The molecule has 6 heteroatoms. The number of aliphatic hydroxyl groups is 1. The number of benzene rings is 1. The number of aromatic nitrogens is 2. The molecule has 132 valence electrons. The summed E-state index contributed by atoms with van der Waals surface area (Å²) in [5, 5.41) is 10.6. The Labute approximate surface area is 148 Å². The van der Waals surface area contributed by atoms with Crippen LogP contribution in [0.2, 0.25) is 0 Å². The van der Waals surface area contributed by atoms with Gasteiger partial charge in [-0.05, 0) is 30.2 Å². The van der Waals surface area contributed by atoms with Crippen LogP contribution in [0, 0.1) is 0 Å². The number of anilines is 1. The molecule has 0 aliphatic carbocycles. The van der Waals surface area contributed by atoms with Crippen molar-refractivity contribution in [2.75, 3.05) is 37.6 Å². The first-order valence-corrected chi connectivity index (χ1v) is 8.90. The highest BCUT2D eigenvalue weighted by Gasteiger charge is 2.23. The van der Waals surface area contributed by atoms with Crippen molar-refractivity contribution >= 4 is 5.82 Å². The van der Waals surface area contributed by atoms with Crippen molar-refractivity contribution in [1.29, 1.82) is 0 Å². The Kier molecular flexibility index (Phi) is 4.55. The van der Waals surface area contributed by atoms with Gasteiger partial charge in [-0.15, -0.1) is 0 Å². The van der Waals surface area contributed by atoms with E-state index in [2.05, 4.69) is 32.8 Å². The molecule has 3 heterocycles. The van der Waals surface area contributed by atoms with Crippen LogP contribution in [0.1, 0.15) is 24.2 Å². The van der Waals surface area contributed by atoms with E-state index in [0.717, 1.165) is 49.7 Å². The molecule has 1 aromatic carbocycles. The number of hydrogen-bond donors (Lipinski definition) is 1. The maximum absolute atomic E-state index is 10.6. The third-order valence-electron chi connectivity index (χ3n) is 4.98. The molecule has 0 spiro atoms. The van der Waals surface area contributed by atoms with E-state index in [1.807, 2.05) is 12.1 Å². The summed E-state index contributed by atoms with van der Waals surface area (Å²) in [4.78, 5) is 13.0. The number of aliphatic hydroxyl groups excluding tert-OH is 1. The van der Waals surface area contributed by atoms with E-state index in [1.165, 1.54) is 5.56 Å². The highest BCUT2D eigenvalue weighted by Crippen LogP contribution is 2.31. The molecule has 2 aromatic rings. The van der Waals surface area contributed by atoms with Gasteiger partial charge in [-0.2, -0.15) is 0 Å². The third kappa shape index (κ3) is 3.60. The lowest BCUT2D eigenvalue weighted by Gasteiger charge is -2.36. The average Bonchev–Trinajstić information content (AvgIpc) is 3.02. The van der Waals surface area contributed by atoms with Gasteiger partial charge in [-0.1, -0.05) is 6.07 Å². The van der Waals surface area contributed by atoms with Crippen LogP contribution in [0.25, 0.3) is 0 Å². The van der Waals surface area contributed by atoms with E-state index >= 15 is 0 Å². The van der Waals surface area contributed by atoms with Crippen molar-refractivity contribution in [2.45, 2.75) is 25.6 Å². The van der Waals surface area contributed by atoms with Gasteiger partial charge in [0, 0.05) is 51.5 Å². The Morgan fingerprint density at radius 2 is 2.08 bits per heavy atom. The molecule has 0 saturated carbocycles. The average molecular weight is 340 g/mol. The number of piperazine rings is 1. The molecule has 1 aromatic heterocycles. The molecule has 2 atom stereocenters. The smallest absolute Gasteiger partial charge is 0.147 e. The van der Waals surface area contributed by atoms with Gasteiger partial charge in [-0.3, -0.25) is 9.88 Å². The maximum atomic E-state index is 10.6. The number of fused-ring (bicyclic) bond motifs is 1. The summed E-state index contributed by atoms with van der Waals surface area (Å²) in [6.45, 7) is 6.37. The summed E-state index contributed by atoms with van der Waals surface area (Å²) in [5.41, 5.74) is 2.18. The zero-order valence-corrected chi connectivity index (χ0v) is 14.5. The Morgan fingerprint density at radius 1 is 1.24 bits per heavy atom. The number of ether oxygens (including phenoxy) is 1. The molecule has 0 bridgehead atoms. The van der Waals surface area contributed by atoms with Gasteiger partial charge in [0.25, 0.3) is 0 Å². The fraction of sp³-hybridized carbons (Fsp3) is 0.474. The van der Waals surface area contributed by atoms with Crippen LogP contribution in [0.5, 0.6) is 5.75 Å². The first-order valence-electron chi connectivity index (χ1n) is 8.90.